The lowest BCUT2D eigenvalue weighted by Crippen LogP contribution is -2.35. The summed E-state index contributed by atoms with van der Waals surface area (Å²) >= 11 is 0. The van der Waals surface area contributed by atoms with Crippen molar-refractivity contribution in [2.24, 2.45) is 7.05 Å². The Bertz CT molecular complexity index is 532. The summed E-state index contributed by atoms with van der Waals surface area (Å²) in [6, 6.07) is 0.195. The van der Waals surface area contributed by atoms with Gasteiger partial charge in [0.05, 0.1) is 0 Å². The first-order valence-corrected chi connectivity index (χ1v) is 5.53. The summed E-state index contributed by atoms with van der Waals surface area (Å²) in [5.41, 5.74) is 5.09. The Balaban J connectivity index is 2.30. The lowest BCUT2D eigenvalue weighted by atomic mass is 10.2. The van der Waals surface area contributed by atoms with Gasteiger partial charge in [0.25, 0.3) is 5.56 Å². The Kier molecular flexibility index (Phi) is 2.93. The van der Waals surface area contributed by atoms with Crippen molar-refractivity contribution in [3.05, 3.63) is 20.8 Å². The van der Waals surface area contributed by atoms with Crippen LogP contribution in [0.15, 0.2) is 9.59 Å². The fourth-order valence-electron chi connectivity index (χ4n) is 2.03. The van der Waals surface area contributed by atoms with Gasteiger partial charge in [-0.15, -0.1) is 0 Å². The summed E-state index contributed by atoms with van der Waals surface area (Å²) in [7, 11) is 3.55. The molecule has 1 saturated heterocycles. The molecule has 0 aromatic carbocycles. The first-order valence-electron chi connectivity index (χ1n) is 5.53. The van der Waals surface area contributed by atoms with E-state index in [1.165, 1.54) is 11.6 Å². The number of nitrogen functional groups attached to an aromatic ring is 1. The van der Waals surface area contributed by atoms with Crippen molar-refractivity contribution < 1.29 is 0 Å². The van der Waals surface area contributed by atoms with E-state index in [0.29, 0.717) is 0 Å². The van der Waals surface area contributed by atoms with Crippen LogP contribution in [0, 0.1) is 0 Å². The molecule has 1 unspecified atom stereocenters. The van der Waals surface area contributed by atoms with Gasteiger partial charge in [-0.1, -0.05) is 0 Å². The number of nitrogens with zero attached hydrogens (tertiary/aromatic N) is 2. The van der Waals surface area contributed by atoms with Gasteiger partial charge in [-0.2, -0.15) is 0 Å². The van der Waals surface area contributed by atoms with Crippen LogP contribution in [-0.2, 0) is 7.05 Å². The summed E-state index contributed by atoms with van der Waals surface area (Å²) in [6.07, 6.45) is 0.957. The van der Waals surface area contributed by atoms with Gasteiger partial charge < -0.3 is 16.0 Å². The largest absolute Gasteiger partial charge is 0.383 e. The Hall–Kier alpha value is -1.76. The first-order chi connectivity index (χ1) is 7.99. The molecule has 1 aromatic heterocycles. The van der Waals surface area contributed by atoms with Crippen molar-refractivity contribution in [2.75, 3.05) is 31.2 Å². The first kappa shape index (κ1) is 11.7. The predicted octanol–water partition coefficient (Wildman–Crippen LogP) is -1.23. The molecule has 7 nitrogen and oxygen atoms in total. The number of aromatic nitrogens is 2. The van der Waals surface area contributed by atoms with Crippen LogP contribution in [-0.4, -0.2) is 40.6 Å². The van der Waals surface area contributed by atoms with Gasteiger partial charge >= 0.3 is 5.69 Å². The smallest absolute Gasteiger partial charge is 0.329 e. The molecule has 0 aliphatic carbocycles. The van der Waals surface area contributed by atoms with Crippen LogP contribution in [0.3, 0.4) is 0 Å². The minimum atomic E-state index is -0.499. The Morgan fingerprint density at radius 3 is 2.71 bits per heavy atom. The zero-order valence-corrected chi connectivity index (χ0v) is 9.99. The van der Waals surface area contributed by atoms with Gasteiger partial charge in [0.2, 0.25) is 0 Å². The van der Waals surface area contributed by atoms with Gasteiger partial charge in [-0.25, -0.2) is 4.79 Å². The van der Waals surface area contributed by atoms with Crippen molar-refractivity contribution >= 4 is 11.5 Å². The van der Waals surface area contributed by atoms with E-state index in [9.17, 15) is 9.59 Å². The molecule has 94 valence electrons. The van der Waals surface area contributed by atoms with Crippen LogP contribution in [0.5, 0.6) is 0 Å². The Morgan fingerprint density at radius 1 is 1.41 bits per heavy atom. The lowest BCUT2D eigenvalue weighted by Gasteiger charge is -2.16. The molecule has 1 aromatic rings. The Morgan fingerprint density at radius 2 is 2.12 bits per heavy atom. The van der Waals surface area contributed by atoms with Crippen molar-refractivity contribution in [1.29, 1.82) is 0 Å². The highest BCUT2D eigenvalue weighted by molar-refractivity contribution is 5.60. The average molecular weight is 239 g/mol. The van der Waals surface area contributed by atoms with Crippen molar-refractivity contribution in [3.8, 4) is 0 Å². The number of rotatable bonds is 2. The van der Waals surface area contributed by atoms with E-state index in [4.69, 9.17) is 5.73 Å². The number of likely N-dealkylation sites (N-methyl/N-ethyl adjacent to an activating group) is 1. The second-order valence-electron chi connectivity index (χ2n) is 4.47. The van der Waals surface area contributed by atoms with E-state index in [-0.39, 0.29) is 17.5 Å². The molecule has 0 radical (unpaired) electrons. The third kappa shape index (κ3) is 2.19. The molecule has 1 atom stereocenters. The molecule has 0 bridgehead atoms. The van der Waals surface area contributed by atoms with Crippen molar-refractivity contribution in [1.82, 2.24) is 14.5 Å². The fraction of sp³-hybridized carbons (Fsp3) is 0.600. The molecule has 1 aliphatic rings. The van der Waals surface area contributed by atoms with Gasteiger partial charge in [0, 0.05) is 19.6 Å². The number of aromatic amines is 1. The number of nitrogens with two attached hydrogens (primary N) is 1. The number of nitrogens with one attached hydrogen (secondary N) is 2. The minimum absolute atomic E-state index is 0.174. The lowest BCUT2D eigenvalue weighted by molar-refractivity contribution is 0.414. The van der Waals surface area contributed by atoms with Gasteiger partial charge in [-0.05, 0) is 20.0 Å². The maximum absolute atomic E-state index is 11.7. The highest BCUT2D eigenvalue weighted by Crippen LogP contribution is 2.15. The summed E-state index contributed by atoms with van der Waals surface area (Å²) in [4.78, 5) is 27.4. The van der Waals surface area contributed by atoms with Crippen LogP contribution >= 0.6 is 0 Å². The maximum atomic E-state index is 11.7. The molecule has 0 amide bonds. The fourth-order valence-corrected chi connectivity index (χ4v) is 2.03. The number of hydrogen-bond donors (Lipinski definition) is 3. The Labute approximate surface area is 98.2 Å². The van der Waals surface area contributed by atoms with E-state index >= 15 is 0 Å². The van der Waals surface area contributed by atoms with E-state index in [2.05, 4.69) is 15.2 Å². The predicted molar refractivity (Wildman–Crippen MR) is 66.2 cm³/mol. The van der Waals surface area contributed by atoms with Crippen molar-refractivity contribution in [2.45, 2.75) is 12.5 Å². The van der Waals surface area contributed by atoms with E-state index in [1.54, 1.807) is 0 Å². The molecule has 2 rings (SSSR count). The molecule has 1 aliphatic heterocycles. The topological polar surface area (TPSA) is 96.2 Å². The molecule has 2 heterocycles. The van der Waals surface area contributed by atoms with E-state index in [1.807, 2.05) is 7.05 Å². The third-order valence-corrected chi connectivity index (χ3v) is 3.11. The van der Waals surface area contributed by atoms with Crippen LogP contribution < -0.4 is 22.3 Å². The number of hydrogen-bond acceptors (Lipinski definition) is 5. The molecule has 4 N–H and O–H groups in total. The molecule has 7 heteroatoms. The van der Waals surface area contributed by atoms with Crippen LogP contribution in [0.25, 0.3) is 0 Å². The summed E-state index contributed by atoms with van der Waals surface area (Å²) in [5.74, 6) is 0.174. The second-order valence-corrected chi connectivity index (χ2v) is 4.47. The molecule has 1 fully saturated rings. The molecule has 17 heavy (non-hydrogen) atoms. The van der Waals surface area contributed by atoms with Gasteiger partial charge in [-0.3, -0.25) is 14.3 Å². The standard InChI is InChI=1S/C10H17N5O2/c1-14-4-3-6(5-14)12-7-8(11)15(2)10(17)13-9(7)16/h6,12H,3-5,11H2,1-2H3,(H,13,16,17). The normalized spacial score (nSPS) is 20.7. The SMILES string of the molecule is CN1CCC(Nc2c(N)n(C)c(=O)[nH]c2=O)C1. The van der Waals surface area contributed by atoms with Crippen molar-refractivity contribution in [3.63, 3.8) is 0 Å². The van der Waals surface area contributed by atoms with Gasteiger partial charge in [0.15, 0.2) is 0 Å². The van der Waals surface area contributed by atoms with Crippen LogP contribution in [0.4, 0.5) is 11.5 Å². The average Bonchev–Trinajstić information content (AvgIpc) is 2.67. The minimum Gasteiger partial charge on any atom is -0.383 e. The monoisotopic (exact) mass is 239 g/mol. The molecule has 0 saturated carbocycles. The third-order valence-electron chi connectivity index (χ3n) is 3.11. The zero-order chi connectivity index (χ0) is 12.6. The van der Waals surface area contributed by atoms with E-state index < -0.39 is 11.2 Å². The molecule has 0 spiro atoms. The quantitative estimate of drug-likeness (QED) is 0.600. The highest BCUT2D eigenvalue weighted by atomic mass is 16.2. The molecular formula is C10H17N5O2. The summed E-state index contributed by atoms with van der Waals surface area (Å²) in [5, 5.41) is 3.11. The maximum Gasteiger partial charge on any atom is 0.329 e. The molecular weight excluding hydrogens is 222 g/mol. The summed E-state index contributed by atoms with van der Waals surface area (Å²) in [6.45, 7) is 1.85. The van der Waals surface area contributed by atoms with E-state index in [0.717, 1.165) is 19.5 Å². The number of likely N-dealkylation sites (tertiary alicyclic amines) is 1. The van der Waals surface area contributed by atoms with Gasteiger partial charge in [0.1, 0.15) is 11.5 Å². The summed E-state index contributed by atoms with van der Waals surface area (Å²) < 4.78 is 1.22. The number of anilines is 2. The van der Waals surface area contributed by atoms with Crippen LogP contribution in [0.2, 0.25) is 0 Å². The zero-order valence-electron chi connectivity index (χ0n) is 9.99. The highest BCUT2D eigenvalue weighted by Gasteiger charge is 2.21. The second kappa shape index (κ2) is 4.25. The van der Waals surface area contributed by atoms with Crippen LogP contribution in [0.1, 0.15) is 6.42 Å². The number of H-pyrrole nitrogens is 1.